The first kappa shape index (κ1) is 19.3. The molecule has 0 bridgehead atoms. The molecule has 2 rings (SSSR count). The van der Waals surface area contributed by atoms with Crippen LogP contribution in [0.1, 0.15) is 17.2 Å². The Morgan fingerprint density at radius 2 is 1.52 bits per heavy atom. The second-order valence-electron chi connectivity index (χ2n) is 5.38. The van der Waals surface area contributed by atoms with Gasteiger partial charge in [0.25, 0.3) is 0 Å². The highest BCUT2D eigenvalue weighted by Gasteiger charge is 2.46. The van der Waals surface area contributed by atoms with Gasteiger partial charge in [0.15, 0.2) is 5.66 Å². The zero-order valence-electron chi connectivity index (χ0n) is 14.2. The molecule has 0 saturated carbocycles. The summed E-state index contributed by atoms with van der Waals surface area (Å²) in [6.07, 6.45) is 0. The van der Waals surface area contributed by atoms with Gasteiger partial charge < -0.3 is 19.5 Å². The van der Waals surface area contributed by atoms with Crippen LogP contribution in [0.2, 0.25) is 0 Å². The van der Waals surface area contributed by atoms with E-state index in [9.17, 15) is 9.36 Å². The zero-order chi connectivity index (χ0) is 18.3. The van der Waals surface area contributed by atoms with E-state index in [0.717, 1.165) is 5.56 Å². The fourth-order valence-electron chi connectivity index (χ4n) is 2.45. The van der Waals surface area contributed by atoms with Crippen molar-refractivity contribution in [2.24, 2.45) is 5.73 Å². The van der Waals surface area contributed by atoms with Crippen LogP contribution in [0.25, 0.3) is 0 Å². The Bertz CT molecular complexity index is 715. The second-order valence-corrected chi connectivity index (χ2v) is 7.75. The minimum Gasteiger partial charge on any atom is -0.460 e. The second kappa shape index (κ2) is 8.92. The van der Waals surface area contributed by atoms with E-state index in [1.165, 1.54) is 14.2 Å². The van der Waals surface area contributed by atoms with E-state index in [1.807, 2.05) is 36.4 Å². The van der Waals surface area contributed by atoms with Crippen molar-refractivity contribution in [2.75, 3.05) is 14.2 Å². The molecular weight excluding hydrogens is 341 g/mol. The van der Waals surface area contributed by atoms with Crippen LogP contribution in [0.15, 0.2) is 60.7 Å². The van der Waals surface area contributed by atoms with Crippen LogP contribution in [0.5, 0.6) is 0 Å². The van der Waals surface area contributed by atoms with Gasteiger partial charge in [-0.15, -0.1) is 0 Å². The summed E-state index contributed by atoms with van der Waals surface area (Å²) in [6, 6.07) is 17.2. The quantitative estimate of drug-likeness (QED) is 0.572. The molecule has 0 fully saturated rings. The molecule has 2 aromatic rings. The monoisotopic (exact) mass is 363 g/mol. The Labute approximate surface area is 147 Å². The Morgan fingerprint density at radius 1 is 1.00 bits per heavy atom. The van der Waals surface area contributed by atoms with Crippen molar-refractivity contribution < 1.29 is 23.1 Å². The summed E-state index contributed by atoms with van der Waals surface area (Å²) in [7, 11) is -1.35. The average Bonchev–Trinajstić information content (AvgIpc) is 2.67. The predicted molar refractivity (Wildman–Crippen MR) is 95.0 cm³/mol. The standard InChI is InChI=1S/C18H22NO5P/c1-22-25(21,23-2)17(16(19)15-11-7-4-8-12-15)18(20)24-13-14-9-5-3-6-10-14/h3-12,16-17H,13,19H2,1-2H3. The van der Waals surface area contributed by atoms with Crippen LogP contribution in [0.4, 0.5) is 0 Å². The average molecular weight is 363 g/mol. The summed E-state index contributed by atoms with van der Waals surface area (Å²) < 4.78 is 28.3. The third-order valence-corrected chi connectivity index (χ3v) is 6.07. The number of rotatable bonds is 8. The van der Waals surface area contributed by atoms with Crippen LogP contribution in [0.3, 0.4) is 0 Å². The molecule has 2 N–H and O–H groups in total. The molecule has 2 atom stereocenters. The molecule has 0 aliphatic rings. The molecule has 6 nitrogen and oxygen atoms in total. The maximum Gasteiger partial charge on any atom is 0.346 e. The van der Waals surface area contributed by atoms with Gasteiger partial charge in [-0.05, 0) is 11.1 Å². The van der Waals surface area contributed by atoms with Crippen LogP contribution in [-0.4, -0.2) is 25.8 Å². The van der Waals surface area contributed by atoms with Gasteiger partial charge in [-0.25, -0.2) is 0 Å². The number of ether oxygens (including phenoxy) is 1. The predicted octanol–water partition coefficient (Wildman–Crippen LogP) is 3.28. The highest BCUT2D eigenvalue weighted by molar-refractivity contribution is 7.55. The third-order valence-electron chi connectivity index (χ3n) is 3.84. The molecule has 0 spiro atoms. The highest BCUT2D eigenvalue weighted by atomic mass is 31.2. The van der Waals surface area contributed by atoms with E-state index in [-0.39, 0.29) is 6.61 Å². The lowest BCUT2D eigenvalue weighted by molar-refractivity contribution is -0.145. The molecular formula is C18H22NO5P. The van der Waals surface area contributed by atoms with E-state index in [2.05, 4.69) is 0 Å². The first-order valence-electron chi connectivity index (χ1n) is 7.74. The van der Waals surface area contributed by atoms with Crippen LogP contribution in [0, 0.1) is 0 Å². The summed E-state index contributed by atoms with van der Waals surface area (Å²) >= 11 is 0. The van der Waals surface area contributed by atoms with Crippen molar-refractivity contribution in [3.63, 3.8) is 0 Å². The Hall–Kier alpha value is -1.98. The number of nitrogens with two attached hydrogens (primary N) is 1. The summed E-state index contributed by atoms with van der Waals surface area (Å²) in [4.78, 5) is 12.7. The fraction of sp³-hybridized carbons (Fsp3) is 0.278. The van der Waals surface area contributed by atoms with Crippen LogP contribution >= 0.6 is 7.60 Å². The van der Waals surface area contributed by atoms with Crippen LogP contribution in [-0.2, 0) is 29.8 Å². The van der Waals surface area contributed by atoms with Gasteiger partial charge in [0, 0.05) is 14.2 Å². The number of hydrogen-bond acceptors (Lipinski definition) is 6. The van der Waals surface area contributed by atoms with Gasteiger partial charge in [-0.2, -0.15) is 0 Å². The number of carbonyl (C=O) groups is 1. The van der Waals surface area contributed by atoms with Crippen molar-refractivity contribution in [1.29, 1.82) is 0 Å². The summed E-state index contributed by atoms with van der Waals surface area (Å²) in [6.45, 7) is 0.0467. The molecule has 0 amide bonds. The number of carbonyl (C=O) groups excluding carboxylic acids is 1. The van der Waals surface area contributed by atoms with Crippen molar-refractivity contribution in [1.82, 2.24) is 0 Å². The SMILES string of the molecule is COP(=O)(OC)C(C(=O)OCc1ccccc1)C(N)c1ccccc1. The lowest BCUT2D eigenvalue weighted by atomic mass is 10.0. The molecule has 0 aliphatic carbocycles. The molecule has 0 heterocycles. The van der Waals surface area contributed by atoms with E-state index in [1.54, 1.807) is 24.3 Å². The maximum absolute atomic E-state index is 12.9. The number of hydrogen-bond donors (Lipinski definition) is 1. The lowest BCUT2D eigenvalue weighted by Gasteiger charge is -2.27. The Kier molecular flexibility index (Phi) is 6.91. The smallest absolute Gasteiger partial charge is 0.346 e. The molecule has 2 unspecified atom stereocenters. The van der Waals surface area contributed by atoms with Crippen LogP contribution < -0.4 is 5.73 Å². The largest absolute Gasteiger partial charge is 0.460 e. The summed E-state index contributed by atoms with van der Waals surface area (Å²) in [5.74, 6) is -0.729. The first-order valence-corrected chi connectivity index (χ1v) is 9.35. The number of esters is 1. The normalized spacial score (nSPS) is 13.9. The Morgan fingerprint density at radius 3 is 2.04 bits per heavy atom. The lowest BCUT2D eigenvalue weighted by Crippen LogP contribution is -2.35. The minimum atomic E-state index is -3.79. The first-order chi connectivity index (χ1) is 12.0. The van der Waals surface area contributed by atoms with Gasteiger partial charge in [-0.1, -0.05) is 60.7 Å². The van der Waals surface area contributed by atoms with Gasteiger partial charge in [0.05, 0.1) is 6.04 Å². The molecule has 2 aromatic carbocycles. The third kappa shape index (κ3) is 4.77. The van der Waals surface area contributed by atoms with Gasteiger partial charge in [0.2, 0.25) is 0 Å². The number of benzene rings is 2. The van der Waals surface area contributed by atoms with E-state index < -0.39 is 25.3 Å². The molecule has 134 valence electrons. The van der Waals surface area contributed by atoms with Crippen molar-refractivity contribution in [3.8, 4) is 0 Å². The van der Waals surface area contributed by atoms with E-state index in [0.29, 0.717) is 5.56 Å². The molecule has 0 aromatic heterocycles. The summed E-state index contributed by atoms with van der Waals surface area (Å²) in [5, 5.41) is 0. The molecule has 0 saturated heterocycles. The molecule has 7 heteroatoms. The topological polar surface area (TPSA) is 87.8 Å². The van der Waals surface area contributed by atoms with Gasteiger partial charge in [-0.3, -0.25) is 9.36 Å². The van der Waals surface area contributed by atoms with E-state index in [4.69, 9.17) is 19.5 Å². The van der Waals surface area contributed by atoms with Gasteiger partial charge >= 0.3 is 13.6 Å². The summed E-state index contributed by atoms with van der Waals surface area (Å²) in [5.41, 5.74) is 6.39. The van der Waals surface area contributed by atoms with Crippen molar-refractivity contribution in [2.45, 2.75) is 18.3 Å². The molecule has 0 aliphatic heterocycles. The zero-order valence-corrected chi connectivity index (χ0v) is 15.1. The van der Waals surface area contributed by atoms with Crippen molar-refractivity contribution >= 4 is 13.6 Å². The maximum atomic E-state index is 12.9. The Balaban J connectivity index is 2.25. The van der Waals surface area contributed by atoms with E-state index >= 15 is 0 Å². The van der Waals surface area contributed by atoms with Gasteiger partial charge in [0.1, 0.15) is 6.61 Å². The molecule has 0 radical (unpaired) electrons. The minimum absolute atomic E-state index is 0.0467. The van der Waals surface area contributed by atoms with Crippen molar-refractivity contribution in [3.05, 3.63) is 71.8 Å². The fourth-order valence-corrected chi connectivity index (χ4v) is 3.95. The molecule has 25 heavy (non-hydrogen) atoms. The highest BCUT2D eigenvalue weighted by Crippen LogP contribution is 2.55.